The number of carbonyl (C=O) groups excluding carboxylic acids is 2. The molecule has 0 fully saturated rings. The van der Waals surface area contributed by atoms with Gasteiger partial charge in [0.05, 0.1) is 31.5 Å². The maximum absolute atomic E-state index is 13.1. The molecular formula is C21H22O5. The molecule has 1 aliphatic rings. The highest BCUT2D eigenvalue weighted by Gasteiger charge is 2.37. The fourth-order valence-electron chi connectivity index (χ4n) is 3.43. The minimum atomic E-state index is -0.802. The molecule has 0 spiro atoms. The molecule has 1 atom stereocenters. The molecule has 1 N–H and O–H groups in total. The zero-order valence-electron chi connectivity index (χ0n) is 15.2. The van der Waals surface area contributed by atoms with E-state index in [1.165, 1.54) is 14.2 Å². The number of carbonyl (C=O) groups is 2. The molecule has 3 rings (SSSR count). The zero-order valence-corrected chi connectivity index (χ0v) is 15.2. The van der Waals surface area contributed by atoms with Gasteiger partial charge in [-0.25, -0.2) is 0 Å². The number of fused-ring (bicyclic) bond motifs is 2. The molecule has 136 valence electrons. The van der Waals surface area contributed by atoms with E-state index in [9.17, 15) is 14.7 Å². The number of ether oxygens (including phenoxy) is 2. The lowest BCUT2D eigenvalue weighted by Gasteiger charge is -2.25. The van der Waals surface area contributed by atoms with Crippen molar-refractivity contribution >= 4 is 11.6 Å². The van der Waals surface area contributed by atoms with Crippen molar-refractivity contribution in [1.29, 1.82) is 0 Å². The number of unbranched alkanes of at least 4 members (excludes halogenated alkanes) is 1. The third-order valence-corrected chi connectivity index (χ3v) is 4.76. The van der Waals surface area contributed by atoms with Crippen LogP contribution in [0.4, 0.5) is 0 Å². The Bertz CT molecular complexity index is 869. The zero-order chi connectivity index (χ0) is 18.8. The van der Waals surface area contributed by atoms with Gasteiger partial charge in [0.25, 0.3) is 0 Å². The number of benzene rings is 2. The average molecular weight is 354 g/mol. The second-order valence-corrected chi connectivity index (χ2v) is 6.31. The van der Waals surface area contributed by atoms with E-state index in [0.29, 0.717) is 23.1 Å². The predicted octanol–water partition coefficient (Wildman–Crippen LogP) is 3.70. The van der Waals surface area contributed by atoms with Gasteiger partial charge in [-0.05, 0) is 12.5 Å². The number of rotatable bonds is 6. The number of aliphatic hydroxyl groups is 1. The van der Waals surface area contributed by atoms with Crippen molar-refractivity contribution in [3.05, 3.63) is 58.1 Å². The van der Waals surface area contributed by atoms with Gasteiger partial charge in [0.1, 0.15) is 11.5 Å². The fourth-order valence-corrected chi connectivity index (χ4v) is 3.43. The Kier molecular flexibility index (Phi) is 5.09. The standard InChI is InChI=1S/C21H22O5/c1-4-5-10-15(22)14-11-16(25-2)17-18(21(14)26-3)20(24)13-9-7-6-8-12(13)19(17)23/h6-9,11,15,22H,4-5,10H2,1-3H3. The lowest BCUT2D eigenvalue weighted by molar-refractivity contribution is 0.0972. The summed E-state index contributed by atoms with van der Waals surface area (Å²) in [6, 6.07) is 8.32. The molecular weight excluding hydrogens is 332 g/mol. The summed E-state index contributed by atoms with van der Waals surface area (Å²) in [4.78, 5) is 26.1. The molecule has 5 nitrogen and oxygen atoms in total. The number of aliphatic hydroxyl groups excluding tert-OH is 1. The Balaban J connectivity index is 2.26. The third-order valence-electron chi connectivity index (χ3n) is 4.76. The van der Waals surface area contributed by atoms with Crippen LogP contribution >= 0.6 is 0 Å². The summed E-state index contributed by atoms with van der Waals surface area (Å²) >= 11 is 0. The molecule has 0 bridgehead atoms. The van der Waals surface area contributed by atoms with Gasteiger partial charge in [0, 0.05) is 16.7 Å². The van der Waals surface area contributed by atoms with Crippen molar-refractivity contribution < 1.29 is 24.2 Å². The van der Waals surface area contributed by atoms with Gasteiger partial charge in [-0.15, -0.1) is 0 Å². The predicted molar refractivity (Wildman–Crippen MR) is 97.3 cm³/mol. The summed E-state index contributed by atoms with van der Waals surface area (Å²) < 4.78 is 10.9. The Labute approximate surface area is 152 Å². The summed E-state index contributed by atoms with van der Waals surface area (Å²) in [7, 11) is 2.89. The minimum absolute atomic E-state index is 0.168. The SMILES string of the molecule is CCCCC(O)c1cc(OC)c2c(c1OC)C(=O)c1ccccc1C2=O. The van der Waals surface area contributed by atoms with Crippen LogP contribution in [0, 0.1) is 0 Å². The molecule has 2 aromatic rings. The van der Waals surface area contributed by atoms with Crippen LogP contribution in [-0.2, 0) is 0 Å². The van der Waals surface area contributed by atoms with E-state index in [2.05, 4.69) is 0 Å². The minimum Gasteiger partial charge on any atom is -0.496 e. The molecule has 5 heteroatoms. The van der Waals surface area contributed by atoms with Gasteiger partial charge in [0.15, 0.2) is 11.6 Å². The van der Waals surface area contributed by atoms with Crippen LogP contribution in [0.1, 0.15) is 69.7 Å². The van der Waals surface area contributed by atoms with Gasteiger partial charge < -0.3 is 14.6 Å². The first-order valence-corrected chi connectivity index (χ1v) is 8.70. The van der Waals surface area contributed by atoms with Crippen LogP contribution in [0.5, 0.6) is 11.5 Å². The molecule has 0 saturated carbocycles. The Morgan fingerprint density at radius 2 is 1.62 bits per heavy atom. The lowest BCUT2D eigenvalue weighted by atomic mass is 9.81. The first-order chi connectivity index (χ1) is 12.5. The fraction of sp³-hybridized carbons (Fsp3) is 0.333. The number of ketones is 2. The average Bonchev–Trinajstić information content (AvgIpc) is 2.68. The van der Waals surface area contributed by atoms with Crippen molar-refractivity contribution in [3.63, 3.8) is 0 Å². The topological polar surface area (TPSA) is 72.8 Å². The molecule has 26 heavy (non-hydrogen) atoms. The van der Waals surface area contributed by atoms with Crippen LogP contribution in [0.3, 0.4) is 0 Å². The smallest absolute Gasteiger partial charge is 0.198 e. The van der Waals surface area contributed by atoms with E-state index < -0.39 is 6.10 Å². The van der Waals surface area contributed by atoms with E-state index in [0.717, 1.165) is 12.8 Å². The Hall–Kier alpha value is -2.66. The molecule has 0 saturated heterocycles. The lowest BCUT2D eigenvalue weighted by Crippen LogP contribution is -2.23. The van der Waals surface area contributed by atoms with E-state index in [1.807, 2.05) is 6.92 Å². The van der Waals surface area contributed by atoms with Crippen LogP contribution in [-0.4, -0.2) is 30.9 Å². The number of hydrogen-bond acceptors (Lipinski definition) is 5. The highest BCUT2D eigenvalue weighted by molar-refractivity contribution is 6.30. The largest absolute Gasteiger partial charge is 0.496 e. The van der Waals surface area contributed by atoms with E-state index in [-0.39, 0.29) is 34.2 Å². The van der Waals surface area contributed by atoms with Crippen molar-refractivity contribution in [2.24, 2.45) is 0 Å². The van der Waals surface area contributed by atoms with E-state index in [4.69, 9.17) is 9.47 Å². The summed E-state index contributed by atoms with van der Waals surface area (Å²) in [6.45, 7) is 2.04. The highest BCUT2D eigenvalue weighted by Crippen LogP contribution is 2.43. The Morgan fingerprint density at radius 1 is 1.00 bits per heavy atom. The van der Waals surface area contributed by atoms with E-state index >= 15 is 0 Å². The molecule has 0 heterocycles. The van der Waals surface area contributed by atoms with Gasteiger partial charge >= 0.3 is 0 Å². The second kappa shape index (κ2) is 7.30. The van der Waals surface area contributed by atoms with E-state index in [1.54, 1.807) is 30.3 Å². The number of hydrogen-bond donors (Lipinski definition) is 1. The maximum atomic E-state index is 13.1. The first-order valence-electron chi connectivity index (χ1n) is 8.70. The summed E-state index contributed by atoms with van der Waals surface area (Å²) in [5.41, 5.74) is 1.52. The van der Waals surface area contributed by atoms with Crippen molar-refractivity contribution in [2.45, 2.75) is 32.3 Å². The summed E-state index contributed by atoms with van der Waals surface area (Å²) in [6.07, 6.45) is 1.50. The van der Waals surface area contributed by atoms with Gasteiger partial charge in [-0.3, -0.25) is 9.59 Å². The molecule has 0 aliphatic heterocycles. The van der Waals surface area contributed by atoms with Crippen molar-refractivity contribution in [1.82, 2.24) is 0 Å². The van der Waals surface area contributed by atoms with Crippen LogP contribution in [0.15, 0.2) is 30.3 Å². The third kappa shape index (κ3) is 2.78. The van der Waals surface area contributed by atoms with Gasteiger partial charge in [0.2, 0.25) is 0 Å². The quantitative estimate of drug-likeness (QED) is 0.731. The highest BCUT2D eigenvalue weighted by atomic mass is 16.5. The van der Waals surface area contributed by atoms with Crippen molar-refractivity contribution in [3.8, 4) is 11.5 Å². The second-order valence-electron chi connectivity index (χ2n) is 6.31. The van der Waals surface area contributed by atoms with Gasteiger partial charge in [-0.2, -0.15) is 0 Å². The van der Waals surface area contributed by atoms with Crippen molar-refractivity contribution in [2.75, 3.05) is 14.2 Å². The van der Waals surface area contributed by atoms with Crippen LogP contribution in [0.25, 0.3) is 0 Å². The van der Waals surface area contributed by atoms with Gasteiger partial charge in [-0.1, -0.05) is 44.0 Å². The first kappa shape index (κ1) is 18.1. The Morgan fingerprint density at radius 3 is 2.15 bits per heavy atom. The normalized spacial score (nSPS) is 13.8. The monoisotopic (exact) mass is 354 g/mol. The summed E-state index contributed by atoms with van der Waals surface area (Å²) in [5.74, 6) is -0.0497. The summed E-state index contributed by atoms with van der Waals surface area (Å²) in [5, 5.41) is 10.6. The molecule has 0 aromatic heterocycles. The molecule has 1 aliphatic carbocycles. The molecule has 0 amide bonds. The number of methoxy groups -OCH3 is 2. The molecule has 0 radical (unpaired) electrons. The maximum Gasteiger partial charge on any atom is 0.198 e. The van der Waals surface area contributed by atoms with Crippen LogP contribution in [0.2, 0.25) is 0 Å². The molecule has 2 aromatic carbocycles. The molecule has 1 unspecified atom stereocenters. The van der Waals surface area contributed by atoms with Crippen LogP contribution < -0.4 is 9.47 Å².